The number of nitrogens with one attached hydrogen (secondary N) is 1. The molecule has 0 atom stereocenters. The van der Waals surface area contributed by atoms with Crippen molar-refractivity contribution in [3.05, 3.63) is 66.2 Å². The Hall–Kier alpha value is -2.57. The maximum absolute atomic E-state index is 12.7. The second kappa shape index (κ2) is 7.81. The molecule has 5 nitrogen and oxygen atoms in total. The first-order chi connectivity index (χ1) is 13.5. The fraction of sp³-hybridized carbons (Fsp3) is 0.273. The Labute approximate surface area is 166 Å². The van der Waals surface area contributed by atoms with Gasteiger partial charge in [-0.05, 0) is 65.6 Å². The van der Waals surface area contributed by atoms with E-state index in [-0.39, 0.29) is 11.4 Å². The Bertz CT molecular complexity index is 1070. The Morgan fingerprint density at radius 1 is 0.929 bits per heavy atom. The highest BCUT2D eigenvalue weighted by atomic mass is 32.2. The van der Waals surface area contributed by atoms with Crippen LogP contribution in [0.15, 0.2) is 65.6 Å². The van der Waals surface area contributed by atoms with E-state index in [4.69, 9.17) is 4.74 Å². The molecule has 1 N–H and O–H groups in total. The van der Waals surface area contributed by atoms with Gasteiger partial charge in [0.05, 0.1) is 12.0 Å². The first-order valence-corrected chi connectivity index (χ1v) is 10.9. The van der Waals surface area contributed by atoms with Crippen LogP contribution in [0.5, 0.6) is 5.75 Å². The molecule has 3 aromatic carbocycles. The van der Waals surface area contributed by atoms with E-state index in [0.717, 1.165) is 35.2 Å². The van der Waals surface area contributed by atoms with Crippen LogP contribution >= 0.6 is 0 Å². The molecular formula is C22H24N2O3S. The normalized spacial score (nSPS) is 14.5. The van der Waals surface area contributed by atoms with Crippen molar-refractivity contribution in [2.24, 2.45) is 0 Å². The minimum Gasteiger partial charge on any atom is -0.497 e. The zero-order chi connectivity index (χ0) is 19.6. The van der Waals surface area contributed by atoms with Crippen molar-refractivity contribution < 1.29 is 13.2 Å². The van der Waals surface area contributed by atoms with Gasteiger partial charge in [0.25, 0.3) is 0 Å². The van der Waals surface area contributed by atoms with Crippen molar-refractivity contribution in [1.82, 2.24) is 4.72 Å². The van der Waals surface area contributed by atoms with E-state index in [0.29, 0.717) is 0 Å². The van der Waals surface area contributed by atoms with Gasteiger partial charge < -0.3 is 9.64 Å². The van der Waals surface area contributed by atoms with Crippen LogP contribution in [0.4, 0.5) is 5.69 Å². The lowest BCUT2D eigenvalue weighted by Crippen LogP contribution is -2.23. The highest BCUT2D eigenvalue weighted by Gasteiger charge is 2.15. The molecule has 0 radical (unpaired) electrons. The van der Waals surface area contributed by atoms with Crippen LogP contribution in [0.3, 0.4) is 0 Å². The maximum atomic E-state index is 12.7. The third-order valence-electron chi connectivity index (χ3n) is 5.20. The number of rotatable bonds is 6. The van der Waals surface area contributed by atoms with Crippen molar-refractivity contribution in [3.8, 4) is 5.75 Å². The van der Waals surface area contributed by atoms with Gasteiger partial charge >= 0.3 is 0 Å². The highest BCUT2D eigenvalue weighted by Crippen LogP contribution is 2.24. The number of methoxy groups -OCH3 is 1. The van der Waals surface area contributed by atoms with Crippen LogP contribution in [-0.2, 0) is 16.6 Å². The molecule has 28 heavy (non-hydrogen) atoms. The Balaban J connectivity index is 1.47. The standard InChI is InChI=1S/C22H24N2O3S/c1-27-21-10-6-19-15-22(11-7-18(19)14-21)28(25,26)23-16-17-4-8-20(9-5-17)24-12-2-3-13-24/h4-11,14-15,23H,2-3,12-13,16H2,1H3. The van der Waals surface area contributed by atoms with E-state index in [2.05, 4.69) is 21.8 Å². The molecule has 0 unspecified atom stereocenters. The minimum atomic E-state index is -3.58. The third-order valence-corrected chi connectivity index (χ3v) is 6.60. The fourth-order valence-electron chi connectivity index (χ4n) is 3.56. The molecule has 0 spiro atoms. The van der Waals surface area contributed by atoms with E-state index in [1.165, 1.54) is 18.5 Å². The second-order valence-electron chi connectivity index (χ2n) is 7.06. The molecule has 0 aromatic heterocycles. The molecular weight excluding hydrogens is 372 g/mol. The van der Waals surface area contributed by atoms with Crippen molar-refractivity contribution in [2.75, 3.05) is 25.1 Å². The van der Waals surface area contributed by atoms with E-state index < -0.39 is 10.0 Å². The lowest BCUT2D eigenvalue weighted by molar-refractivity contribution is 0.415. The van der Waals surface area contributed by atoms with Gasteiger partial charge in [0.1, 0.15) is 5.75 Å². The molecule has 0 saturated carbocycles. The quantitative estimate of drug-likeness (QED) is 0.686. The van der Waals surface area contributed by atoms with Crippen molar-refractivity contribution in [1.29, 1.82) is 0 Å². The van der Waals surface area contributed by atoms with Crippen LogP contribution in [0.25, 0.3) is 10.8 Å². The smallest absolute Gasteiger partial charge is 0.240 e. The van der Waals surface area contributed by atoms with Gasteiger partial charge in [-0.2, -0.15) is 0 Å². The number of benzene rings is 3. The van der Waals surface area contributed by atoms with E-state index in [9.17, 15) is 8.42 Å². The second-order valence-corrected chi connectivity index (χ2v) is 8.83. The summed E-state index contributed by atoms with van der Waals surface area (Å²) in [7, 11) is -1.97. The van der Waals surface area contributed by atoms with Crippen LogP contribution in [-0.4, -0.2) is 28.6 Å². The lowest BCUT2D eigenvalue weighted by Gasteiger charge is -2.17. The predicted molar refractivity (Wildman–Crippen MR) is 112 cm³/mol. The van der Waals surface area contributed by atoms with E-state index >= 15 is 0 Å². The first kappa shape index (κ1) is 18.8. The predicted octanol–water partition coefficient (Wildman–Crippen LogP) is 3.93. The molecule has 146 valence electrons. The average molecular weight is 397 g/mol. The zero-order valence-corrected chi connectivity index (χ0v) is 16.7. The number of sulfonamides is 1. The van der Waals surface area contributed by atoms with Gasteiger partial charge in [0.2, 0.25) is 10.0 Å². The highest BCUT2D eigenvalue weighted by molar-refractivity contribution is 7.89. The molecule has 1 aliphatic rings. The monoisotopic (exact) mass is 396 g/mol. The largest absolute Gasteiger partial charge is 0.497 e. The topological polar surface area (TPSA) is 58.6 Å². The summed E-state index contributed by atoms with van der Waals surface area (Å²) >= 11 is 0. The molecule has 3 aromatic rings. The van der Waals surface area contributed by atoms with Gasteiger partial charge in [-0.25, -0.2) is 13.1 Å². The SMILES string of the molecule is COc1ccc2cc(S(=O)(=O)NCc3ccc(N4CCCC4)cc3)ccc2c1. The summed E-state index contributed by atoms with van der Waals surface area (Å²) < 4.78 is 33.3. The molecule has 1 aliphatic heterocycles. The molecule has 4 rings (SSSR count). The van der Waals surface area contributed by atoms with Crippen LogP contribution in [0.2, 0.25) is 0 Å². The number of anilines is 1. The number of ether oxygens (including phenoxy) is 1. The molecule has 1 heterocycles. The van der Waals surface area contributed by atoms with E-state index in [1.54, 1.807) is 25.3 Å². The lowest BCUT2D eigenvalue weighted by atomic mass is 10.1. The maximum Gasteiger partial charge on any atom is 0.240 e. The Morgan fingerprint density at radius 3 is 2.32 bits per heavy atom. The molecule has 1 saturated heterocycles. The van der Waals surface area contributed by atoms with Crippen molar-refractivity contribution in [3.63, 3.8) is 0 Å². The van der Waals surface area contributed by atoms with Gasteiger partial charge in [0.15, 0.2) is 0 Å². The summed E-state index contributed by atoms with van der Waals surface area (Å²) in [6.45, 7) is 2.46. The molecule has 0 amide bonds. The van der Waals surface area contributed by atoms with Crippen molar-refractivity contribution >= 4 is 26.5 Å². The minimum absolute atomic E-state index is 0.263. The number of nitrogens with zero attached hydrogens (tertiary/aromatic N) is 1. The third kappa shape index (κ3) is 3.98. The molecule has 6 heteroatoms. The van der Waals surface area contributed by atoms with Crippen LogP contribution in [0.1, 0.15) is 18.4 Å². The van der Waals surface area contributed by atoms with Gasteiger partial charge in [-0.1, -0.05) is 24.3 Å². The van der Waals surface area contributed by atoms with Gasteiger partial charge in [-0.15, -0.1) is 0 Å². The van der Waals surface area contributed by atoms with Crippen molar-refractivity contribution in [2.45, 2.75) is 24.3 Å². The van der Waals surface area contributed by atoms with Gasteiger partial charge in [0, 0.05) is 25.3 Å². The number of hydrogen-bond donors (Lipinski definition) is 1. The van der Waals surface area contributed by atoms with Gasteiger partial charge in [-0.3, -0.25) is 0 Å². The first-order valence-electron chi connectivity index (χ1n) is 9.46. The van der Waals surface area contributed by atoms with E-state index in [1.807, 2.05) is 30.3 Å². The number of hydrogen-bond acceptors (Lipinski definition) is 4. The summed E-state index contributed by atoms with van der Waals surface area (Å²) in [5.41, 5.74) is 2.14. The fourth-order valence-corrected chi connectivity index (χ4v) is 4.61. The average Bonchev–Trinajstić information content (AvgIpc) is 3.27. The van der Waals surface area contributed by atoms with Crippen LogP contribution in [0, 0.1) is 0 Å². The molecule has 1 fully saturated rings. The Morgan fingerprint density at radius 2 is 1.61 bits per heavy atom. The number of fused-ring (bicyclic) bond motifs is 1. The summed E-state index contributed by atoms with van der Waals surface area (Å²) in [6, 6.07) is 18.8. The Kier molecular flexibility index (Phi) is 5.24. The molecule has 0 bridgehead atoms. The molecule has 0 aliphatic carbocycles. The summed E-state index contributed by atoms with van der Waals surface area (Å²) in [6.07, 6.45) is 2.47. The zero-order valence-electron chi connectivity index (χ0n) is 15.9. The summed E-state index contributed by atoms with van der Waals surface area (Å²) in [5, 5.41) is 1.80. The summed E-state index contributed by atoms with van der Waals surface area (Å²) in [5.74, 6) is 0.749. The summed E-state index contributed by atoms with van der Waals surface area (Å²) in [4.78, 5) is 2.62. The van der Waals surface area contributed by atoms with Crippen LogP contribution < -0.4 is 14.4 Å².